The molecule has 0 radical (unpaired) electrons. The molecule has 0 aromatic carbocycles. The Morgan fingerprint density at radius 3 is 2.80 bits per heavy atom. The molecule has 0 saturated heterocycles. The maximum Gasteiger partial charge on any atom is 0.259 e. The van der Waals surface area contributed by atoms with Crippen LogP contribution in [0, 0.1) is 0 Å². The van der Waals surface area contributed by atoms with Crippen LogP contribution in [0.1, 0.15) is 56.3 Å². The lowest BCUT2D eigenvalue weighted by atomic mass is 10.1. The zero-order valence-corrected chi connectivity index (χ0v) is 15.0. The van der Waals surface area contributed by atoms with Gasteiger partial charge in [-0.2, -0.15) is 0 Å². The maximum atomic E-state index is 12.6. The van der Waals surface area contributed by atoms with Gasteiger partial charge in [-0.05, 0) is 19.4 Å². The van der Waals surface area contributed by atoms with Crippen molar-refractivity contribution in [3.8, 4) is 17.1 Å². The fourth-order valence-electron chi connectivity index (χ4n) is 2.61. The third-order valence-electron chi connectivity index (χ3n) is 4.03. The Labute approximate surface area is 147 Å². The molecular formula is C18H26N4O3. The van der Waals surface area contributed by atoms with Crippen LogP contribution in [0.2, 0.25) is 0 Å². The molecule has 0 spiro atoms. The summed E-state index contributed by atoms with van der Waals surface area (Å²) in [6.07, 6.45) is 7.17. The summed E-state index contributed by atoms with van der Waals surface area (Å²) >= 11 is 0. The van der Waals surface area contributed by atoms with Gasteiger partial charge in [0.25, 0.3) is 5.91 Å². The molecule has 0 bridgehead atoms. The summed E-state index contributed by atoms with van der Waals surface area (Å²) < 4.78 is 10.1. The molecule has 0 fully saturated rings. The molecule has 0 saturated carbocycles. The van der Waals surface area contributed by atoms with Crippen LogP contribution < -0.4 is 15.8 Å². The minimum Gasteiger partial charge on any atom is -0.481 e. The molecule has 3 N–H and O–H groups in total. The molecule has 0 aliphatic heterocycles. The Morgan fingerprint density at radius 2 is 2.16 bits per heavy atom. The smallest absolute Gasteiger partial charge is 0.259 e. The minimum absolute atomic E-state index is 0.00139. The summed E-state index contributed by atoms with van der Waals surface area (Å²) in [5.74, 6) is 0.195. The van der Waals surface area contributed by atoms with E-state index in [1.54, 1.807) is 18.3 Å². The third kappa shape index (κ3) is 4.95. The lowest BCUT2D eigenvalue weighted by Crippen LogP contribution is -2.33. The molecule has 2 heterocycles. The summed E-state index contributed by atoms with van der Waals surface area (Å²) in [4.78, 5) is 16.7. The van der Waals surface area contributed by atoms with E-state index in [0.29, 0.717) is 17.1 Å². The van der Waals surface area contributed by atoms with Crippen LogP contribution in [0.15, 0.2) is 22.9 Å². The fraction of sp³-hybridized carbons (Fsp3) is 0.500. The van der Waals surface area contributed by atoms with Crippen molar-refractivity contribution >= 4 is 11.8 Å². The van der Waals surface area contributed by atoms with Crippen molar-refractivity contribution in [2.24, 2.45) is 0 Å². The molecular weight excluding hydrogens is 320 g/mol. The van der Waals surface area contributed by atoms with Gasteiger partial charge in [-0.25, -0.2) is 4.98 Å². The molecule has 136 valence electrons. The van der Waals surface area contributed by atoms with E-state index in [2.05, 4.69) is 22.4 Å². The Hall–Kier alpha value is -2.57. The van der Waals surface area contributed by atoms with Crippen molar-refractivity contribution in [1.82, 2.24) is 15.5 Å². The second-order valence-corrected chi connectivity index (χ2v) is 6.08. The number of carbonyl (C=O) groups is 1. The first-order valence-electron chi connectivity index (χ1n) is 8.63. The van der Waals surface area contributed by atoms with Crippen molar-refractivity contribution < 1.29 is 14.1 Å². The minimum atomic E-state index is -0.285. The van der Waals surface area contributed by atoms with Gasteiger partial charge < -0.3 is 20.3 Å². The average molecular weight is 346 g/mol. The van der Waals surface area contributed by atoms with E-state index in [1.165, 1.54) is 26.4 Å². The number of ether oxygens (including phenoxy) is 1. The molecule has 2 rings (SSSR count). The van der Waals surface area contributed by atoms with Gasteiger partial charge in [0, 0.05) is 23.9 Å². The van der Waals surface area contributed by atoms with Gasteiger partial charge in [-0.15, -0.1) is 0 Å². The van der Waals surface area contributed by atoms with Crippen molar-refractivity contribution in [2.45, 2.75) is 52.0 Å². The van der Waals surface area contributed by atoms with Crippen LogP contribution >= 0.6 is 0 Å². The lowest BCUT2D eigenvalue weighted by Gasteiger charge is -2.13. The first kappa shape index (κ1) is 18.8. The van der Waals surface area contributed by atoms with E-state index in [9.17, 15) is 4.79 Å². The number of nitrogens with zero attached hydrogens (tertiary/aromatic N) is 2. The molecule has 2 aromatic heterocycles. The summed E-state index contributed by atoms with van der Waals surface area (Å²) in [7, 11) is 1.54. The largest absolute Gasteiger partial charge is 0.481 e. The number of unbranched alkanes of at least 4 members (excludes halogenated alkanes) is 3. The van der Waals surface area contributed by atoms with Crippen LogP contribution in [0.25, 0.3) is 11.3 Å². The van der Waals surface area contributed by atoms with Crippen molar-refractivity contribution in [1.29, 1.82) is 0 Å². The van der Waals surface area contributed by atoms with Gasteiger partial charge in [-0.3, -0.25) is 4.79 Å². The highest BCUT2D eigenvalue weighted by atomic mass is 16.5. The van der Waals surface area contributed by atoms with E-state index in [-0.39, 0.29) is 23.4 Å². The quantitative estimate of drug-likeness (QED) is 0.674. The third-order valence-corrected chi connectivity index (χ3v) is 4.03. The number of methoxy groups -OCH3 is 1. The van der Waals surface area contributed by atoms with Crippen LogP contribution in [-0.2, 0) is 0 Å². The average Bonchev–Trinajstić information content (AvgIpc) is 3.00. The number of nitrogen functional groups attached to an aromatic ring is 1. The Morgan fingerprint density at radius 1 is 1.36 bits per heavy atom. The summed E-state index contributed by atoms with van der Waals surface area (Å²) in [5, 5.41) is 6.88. The first-order chi connectivity index (χ1) is 12.1. The number of anilines is 1. The number of aromatic nitrogens is 2. The number of nitrogens with two attached hydrogens (primary N) is 1. The molecule has 2 aromatic rings. The number of pyridine rings is 1. The van der Waals surface area contributed by atoms with Crippen LogP contribution in [-0.4, -0.2) is 29.2 Å². The Balaban J connectivity index is 2.08. The number of nitrogens with one attached hydrogen (secondary N) is 1. The molecule has 7 heteroatoms. The van der Waals surface area contributed by atoms with Crippen molar-refractivity contribution in [3.63, 3.8) is 0 Å². The van der Waals surface area contributed by atoms with E-state index >= 15 is 0 Å². The fourth-order valence-corrected chi connectivity index (χ4v) is 2.61. The predicted octanol–water partition coefficient (Wildman–Crippen LogP) is 3.42. The Bertz CT molecular complexity index is 682. The molecule has 1 unspecified atom stereocenters. The second kappa shape index (κ2) is 9.05. The van der Waals surface area contributed by atoms with Crippen molar-refractivity contribution in [2.75, 3.05) is 12.8 Å². The standard InChI is InChI=1S/C18H26N4O3/c1-4-5-6-7-8-12(2)21-18(23)15-16(22-25-17(15)19)13-9-10-14(24-3)20-11-13/h9-12H,4-8,19H2,1-3H3,(H,21,23). The molecule has 0 aliphatic rings. The predicted molar refractivity (Wildman–Crippen MR) is 96.4 cm³/mol. The molecule has 25 heavy (non-hydrogen) atoms. The summed E-state index contributed by atoms with van der Waals surface area (Å²) in [6, 6.07) is 3.51. The number of rotatable bonds is 9. The van der Waals surface area contributed by atoms with Gasteiger partial charge in [0.1, 0.15) is 11.3 Å². The van der Waals surface area contributed by atoms with Crippen LogP contribution in [0.3, 0.4) is 0 Å². The van der Waals surface area contributed by atoms with E-state index in [1.807, 2.05) is 6.92 Å². The van der Waals surface area contributed by atoms with Crippen LogP contribution in [0.5, 0.6) is 5.88 Å². The van der Waals surface area contributed by atoms with Gasteiger partial charge in [0.2, 0.25) is 11.8 Å². The maximum absolute atomic E-state index is 12.6. The highest BCUT2D eigenvalue weighted by Gasteiger charge is 2.23. The topological polar surface area (TPSA) is 103 Å². The SMILES string of the molecule is CCCCCCC(C)NC(=O)c1c(-c2ccc(OC)nc2)noc1N. The van der Waals surface area contributed by atoms with Gasteiger partial charge in [0.15, 0.2) is 0 Å². The normalized spacial score (nSPS) is 12.0. The molecule has 1 atom stereocenters. The van der Waals surface area contributed by atoms with Gasteiger partial charge in [0.05, 0.1) is 7.11 Å². The van der Waals surface area contributed by atoms with E-state index < -0.39 is 0 Å². The Kier molecular flexibility index (Phi) is 6.80. The number of hydrogen-bond acceptors (Lipinski definition) is 6. The lowest BCUT2D eigenvalue weighted by molar-refractivity contribution is 0.0939. The molecule has 0 aliphatic carbocycles. The highest BCUT2D eigenvalue weighted by molar-refractivity contribution is 6.03. The summed E-state index contributed by atoms with van der Waals surface area (Å²) in [5.41, 5.74) is 7.08. The second-order valence-electron chi connectivity index (χ2n) is 6.08. The van der Waals surface area contributed by atoms with Gasteiger partial charge >= 0.3 is 0 Å². The van der Waals surface area contributed by atoms with Crippen LogP contribution in [0.4, 0.5) is 5.88 Å². The van der Waals surface area contributed by atoms with Crippen molar-refractivity contribution in [3.05, 3.63) is 23.9 Å². The number of amides is 1. The summed E-state index contributed by atoms with van der Waals surface area (Å²) in [6.45, 7) is 4.16. The van der Waals surface area contributed by atoms with E-state index in [0.717, 1.165) is 12.8 Å². The zero-order chi connectivity index (χ0) is 18.2. The zero-order valence-electron chi connectivity index (χ0n) is 15.0. The molecule has 7 nitrogen and oxygen atoms in total. The molecule has 1 amide bonds. The monoisotopic (exact) mass is 346 g/mol. The first-order valence-corrected chi connectivity index (χ1v) is 8.63. The highest BCUT2D eigenvalue weighted by Crippen LogP contribution is 2.27. The van der Waals surface area contributed by atoms with E-state index in [4.69, 9.17) is 15.0 Å². The number of hydrogen-bond donors (Lipinski definition) is 2. The van der Waals surface area contributed by atoms with Gasteiger partial charge in [-0.1, -0.05) is 37.8 Å². The number of carbonyl (C=O) groups excluding carboxylic acids is 1.